The fourth-order valence-corrected chi connectivity index (χ4v) is 2.65. The van der Waals surface area contributed by atoms with E-state index in [2.05, 4.69) is 10.6 Å². The van der Waals surface area contributed by atoms with Gasteiger partial charge in [-0.3, -0.25) is 9.59 Å². The van der Waals surface area contributed by atoms with Crippen LogP contribution in [0, 0.1) is 0 Å². The largest absolute Gasteiger partial charge is 0.387 e. The molecule has 5 nitrogen and oxygen atoms in total. The molecule has 0 bridgehead atoms. The quantitative estimate of drug-likeness (QED) is 0.751. The number of hydrogen-bond acceptors (Lipinski definition) is 3. The molecule has 0 fully saturated rings. The number of benzene rings is 2. The van der Waals surface area contributed by atoms with E-state index in [0.717, 1.165) is 5.56 Å². The second-order valence-electron chi connectivity index (χ2n) is 6.00. The molecule has 0 saturated carbocycles. The van der Waals surface area contributed by atoms with Gasteiger partial charge in [0.15, 0.2) is 0 Å². The summed E-state index contributed by atoms with van der Waals surface area (Å²) in [6.45, 7) is 0.109. The number of aliphatic hydroxyl groups is 1. The fraction of sp³-hybridized carbons (Fsp3) is 0.143. The standard InChI is InChI=1S/C21H20N2O3/c24-19(15-7-2-1-3-8-15)14-22-20(25)17-11-6-12-18(13-17)23-21(26)16-9-4-5-10-16/h1-9,11-13,19,24H,10,14H2,(H,22,25)(H,23,26)/t19-/m0/s1. The first-order valence-corrected chi connectivity index (χ1v) is 8.42. The van der Waals surface area contributed by atoms with Crippen LogP contribution in [-0.2, 0) is 4.79 Å². The van der Waals surface area contributed by atoms with Crippen LogP contribution in [0.2, 0.25) is 0 Å². The predicted octanol–water partition coefficient (Wildman–Crippen LogP) is 2.97. The SMILES string of the molecule is O=C(Nc1cccc(C(=O)NC[C@H](O)c2ccccc2)c1)C1=CC=CC1. The summed E-state index contributed by atoms with van der Waals surface area (Å²) in [4.78, 5) is 24.4. The van der Waals surface area contributed by atoms with Crippen molar-refractivity contribution in [2.45, 2.75) is 12.5 Å². The van der Waals surface area contributed by atoms with Crippen LogP contribution in [0.1, 0.15) is 28.4 Å². The second kappa shape index (κ2) is 8.27. The number of amides is 2. The summed E-state index contributed by atoms with van der Waals surface area (Å²) >= 11 is 0. The average molecular weight is 348 g/mol. The average Bonchev–Trinajstić information content (AvgIpc) is 3.22. The van der Waals surface area contributed by atoms with Gasteiger partial charge in [-0.2, -0.15) is 0 Å². The molecule has 0 spiro atoms. The van der Waals surface area contributed by atoms with Gasteiger partial charge in [0.05, 0.1) is 6.10 Å². The number of allylic oxidation sites excluding steroid dienone is 3. The lowest BCUT2D eigenvalue weighted by Crippen LogP contribution is -2.28. The molecule has 26 heavy (non-hydrogen) atoms. The Morgan fingerprint density at radius 2 is 1.85 bits per heavy atom. The number of aliphatic hydroxyl groups excluding tert-OH is 1. The Bertz CT molecular complexity index is 857. The number of rotatable bonds is 6. The van der Waals surface area contributed by atoms with Gasteiger partial charge in [-0.1, -0.05) is 54.6 Å². The normalized spacial score (nSPS) is 13.8. The van der Waals surface area contributed by atoms with Gasteiger partial charge in [-0.15, -0.1) is 0 Å². The van der Waals surface area contributed by atoms with Crippen LogP contribution in [0.4, 0.5) is 5.69 Å². The van der Waals surface area contributed by atoms with Crippen molar-refractivity contribution in [1.29, 1.82) is 0 Å². The summed E-state index contributed by atoms with van der Waals surface area (Å²) < 4.78 is 0. The minimum absolute atomic E-state index is 0.109. The lowest BCUT2D eigenvalue weighted by atomic mass is 10.1. The molecular weight excluding hydrogens is 328 g/mol. The van der Waals surface area contributed by atoms with Crippen LogP contribution in [-0.4, -0.2) is 23.5 Å². The fourth-order valence-electron chi connectivity index (χ4n) is 2.65. The van der Waals surface area contributed by atoms with Gasteiger partial charge in [0.1, 0.15) is 0 Å². The van der Waals surface area contributed by atoms with Gasteiger partial charge in [0.2, 0.25) is 0 Å². The first-order valence-electron chi connectivity index (χ1n) is 8.42. The molecule has 2 aromatic rings. The zero-order valence-corrected chi connectivity index (χ0v) is 14.2. The molecule has 1 aliphatic carbocycles. The van der Waals surface area contributed by atoms with Gasteiger partial charge in [-0.05, 0) is 30.2 Å². The molecule has 1 atom stereocenters. The smallest absolute Gasteiger partial charge is 0.251 e. The van der Waals surface area contributed by atoms with E-state index in [0.29, 0.717) is 23.2 Å². The monoisotopic (exact) mass is 348 g/mol. The molecule has 0 radical (unpaired) electrons. The minimum Gasteiger partial charge on any atom is -0.387 e. The molecule has 0 unspecified atom stereocenters. The van der Waals surface area contributed by atoms with Crippen molar-refractivity contribution in [2.24, 2.45) is 0 Å². The van der Waals surface area contributed by atoms with Gasteiger partial charge in [0, 0.05) is 23.4 Å². The van der Waals surface area contributed by atoms with Crippen molar-refractivity contribution >= 4 is 17.5 Å². The first kappa shape index (κ1) is 17.6. The van der Waals surface area contributed by atoms with Gasteiger partial charge in [0.25, 0.3) is 11.8 Å². The Labute approximate surface area is 152 Å². The van der Waals surface area contributed by atoms with Crippen molar-refractivity contribution in [2.75, 3.05) is 11.9 Å². The molecule has 2 aromatic carbocycles. The molecule has 0 aliphatic heterocycles. The molecule has 1 aliphatic rings. The highest BCUT2D eigenvalue weighted by molar-refractivity contribution is 6.05. The topological polar surface area (TPSA) is 78.4 Å². The van der Waals surface area contributed by atoms with Gasteiger partial charge < -0.3 is 15.7 Å². The Kier molecular flexibility index (Phi) is 5.61. The molecule has 0 aromatic heterocycles. The van der Waals surface area contributed by atoms with E-state index in [1.165, 1.54) is 0 Å². The van der Waals surface area contributed by atoms with Crippen LogP contribution >= 0.6 is 0 Å². The summed E-state index contributed by atoms with van der Waals surface area (Å²) in [7, 11) is 0. The third-order valence-corrected chi connectivity index (χ3v) is 4.09. The van der Waals surface area contributed by atoms with E-state index in [1.54, 1.807) is 42.5 Å². The number of nitrogens with one attached hydrogen (secondary N) is 2. The minimum atomic E-state index is -0.773. The lowest BCUT2D eigenvalue weighted by Gasteiger charge is -2.13. The van der Waals surface area contributed by atoms with Crippen LogP contribution in [0.15, 0.2) is 78.4 Å². The molecular formula is C21H20N2O3. The van der Waals surface area contributed by atoms with E-state index >= 15 is 0 Å². The molecule has 3 rings (SSSR count). The molecule has 0 heterocycles. The highest BCUT2D eigenvalue weighted by Crippen LogP contribution is 2.16. The number of hydrogen-bond donors (Lipinski definition) is 3. The van der Waals surface area contributed by atoms with Crippen molar-refractivity contribution < 1.29 is 14.7 Å². The van der Waals surface area contributed by atoms with Crippen LogP contribution < -0.4 is 10.6 Å². The number of carbonyl (C=O) groups excluding carboxylic acids is 2. The van der Waals surface area contributed by atoms with Crippen LogP contribution in [0.5, 0.6) is 0 Å². The number of anilines is 1. The summed E-state index contributed by atoms with van der Waals surface area (Å²) in [5, 5.41) is 15.6. The van der Waals surface area contributed by atoms with Crippen LogP contribution in [0.25, 0.3) is 0 Å². The van der Waals surface area contributed by atoms with E-state index in [9.17, 15) is 14.7 Å². The summed E-state index contributed by atoms with van der Waals surface area (Å²) in [5.41, 5.74) is 2.40. The van der Waals surface area contributed by atoms with E-state index in [-0.39, 0.29) is 18.4 Å². The van der Waals surface area contributed by atoms with Crippen molar-refractivity contribution in [3.8, 4) is 0 Å². The highest BCUT2D eigenvalue weighted by Gasteiger charge is 2.13. The maximum absolute atomic E-state index is 12.3. The Morgan fingerprint density at radius 1 is 1.04 bits per heavy atom. The Balaban J connectivity index is 1.58. The van der Waals surface area contributed by atoms with E-state index in [1.807, 2.05) is 30.4 Å². The first-order chi connectivity index (χ1) is 12.6. The van der Waals surface area contributed by atoms with Crippen molar-refractivity contribution in [3.05, 3.63) is 89.5 Å². The summed E-state index contributed by atoms with van der Waals surface area (Å²) in [6.07, 6.45) is 5.37. The maximum atomic E-state index is 12.3. The summed E-state index contributed by atoms with van der Waals surface area (Å²) in [5.74, 6) is -0.482. The predicted molar refractivity (Wildman–Crippen MR) is 101 cm³/mol. The molecule has 0 saturated heterocycles. The third kappa shape index (κ3) is 4.46. The Hall–Kier alpha value is -3.18. The van der Waals surface area contributed by atoms with E-state index in [4.69, 9.17) is 0 Å². The zero-order chi connectivity index (χ0) is 18.4. The summed E-state index contributed by atoms with van der Waals surface area (Å²) in [6, 6.07) is 15.9. The van der Waals surface area contributed by atoms with Crippen molar-refractivity contribution in [1.82, 2.24) is 5.32 Å². The lowest BCUT2D eigenvalue weighted by molar-refractivity contribution is -0.112. The number of carbonyl (C=O) groups is 2. The van der Waals surface area contributed by atoms with E-state index < -0.39 is 6.10 Å². The van der Waals surface area contributed by atoms with Crippen LogP contribution in [0.3, 0.4) is 0 Å². The van der Waals surface area contributed by atoms with Gasteiger partial charge in [-0.25, -0.2) is 0 Å². The molecule has 3 N–H and O–H groups in total. The zero-order valence-electron chi connectivity index (χ0n) is 14.2. The highest BCUT2D eigenvalue weighted by atomic mass is 16.3. The maximum Gasteiger partial charge on any atom is 0.251 e. The second-order valence-corrected chi connectivity index (χ2v) is 6.00. The van der Waals surface area contributed by atoms with Crippen molar-refractivity contribution in [3.63, 3.8) is 0 Å². The Morgan fingerprint density at radius 3 is 2.58 bits per heavy atom. The molecule has 2 amide bonds. The third-order valence-electron chi connectivity index (χ3n) is 4.09. The molecule has 132 valence electrons. The molecule has 5 heteroatoms. The van der Waals surface area contributed by atoms with Gasteiger partial charge >= 0.3 is 0 Å².